The minimum Gasteiger partial charge on any atom is -0.497 e. The van der Waals surface area contributed by atoms with Crippen LogP contribution in [0.4, 0.5) is 4.39 Å². The second kappa shape index (κ2) is 11.6. The van der Waals surface area contributed by atoms with Crippen LogP contribution in [0, 0.1) is 5.82 Å². The van der Waals surface area contributed by atoms with Gasteiger partial charge in [-0.15, -0.1) is 12.4 Å². The lowest BCUT2D eigenvalue weighted by atomic mass is 10.1. The second-order valence-electron chi connectivity index (χ2n) is 6.42. The van der Waals surface area contributed by atoms with Gasteiger partial charge in [-0.25, -0.2) is 4.39 Å². The smallest absolute Gasteiger partial charge is 0.166 e. The lowest BCUT2D eigenvalue weighted by Crippen LogP contribution is -2.14. The van der Waals surface area contributed by atoms with Crippen molar-refractivity contribution in [1.29, 1.82) is 0 Å². The molecule has 3 aromatic carbocycles. The third-order valence-corrected chi connectivity index (χ3v) is 4.82. The molecule has 0 aliphatic carbocycles. The van der Waals surface area contributed by atoms with Crippen molar-refractivity contribution in [2.24, 2.45) is 0 Å². The molecule has 0 aromatic heterocycles. The average molecular weight is 452 g/mol. The van der Waals surface area contributed by atoms with Crippen molar-refractivity contribution < 1.29 is 18.6 Å². The largest absolute Gasteiger partial charge is 0.497 e. The Bertz CT molecular complexity index is 952. The monoisotopic (exact) mass is 451 g/mol. The Kier molecular flexibility index (Phi) is 9.24. The number of ether oxygens (including phenoxy) is 3. The zero-order valence-electron chi connectivity index (χ0n) is 16.8. The van der Waals surface area contributed by atoms with Crippen molar-refractivity contribution in [3.63, 3.8) is 0 Å². The van der Waals surface area contributed by atoms with Crippen molar-refractivity contribution in [2.75, 3.05) is 14.2 Å². The second-order valence-corrected chi connectivity index (χ2v) is 6.83. The third-order valence-electron chi connectivity index (χ3n) is 4.47. The van der Waals surface area contributed by atoms with Crippen LogP contribution in [0.25, 0.3) is 0 Å². The van der Waals surface area contributed by atoms with Crippen LogP contribution in [0.3, 0.4) is 0 Å². The Labute approximate surface area is 187 Å². The van der Waals surface area contributed by atoms with E-state index in [2.05, 4.69) is 5.32 Å². The van der Waals surface area contributed by atoms with Crippen LogP contribution in [0.5, 0.6) is 17.2 Å². The van der Waals surface area contributed by atoms with E-state index in [1.165, 1.54) is 12.1 Å². The van der Waals surface area contributed by atoms with Gasteiger partial charge in [-0.05, 0) is 35.9 Å². The van der Waals surface area contributed by atoms with Crippen LogP contribution < -0.4 is 19.5 Å². The first-order valence-corrected chi connectivity index (χ1v) is 9.54. The highest BCUT2D eigenvalue weighted by molar-refractivity contribution is 6.31. The van der Waals surface area contributed by atoms with Gasteiger partial charge in [0.1, 0.15) is 18.2 Å². The molecular weight excluding hydrogens is 428 g/mol. The molecule has 0 radical (unpaired) electrons. The van der Waals surface area contributed by atoms with E-state index < -0.39 is 0 Å². The molecule has 0 atom stereocenters. The topological polar surface area (TPSA) is 39.7 Å². The third kappa shape index (κ3) is 6.26. The first-order chi connectivity index (χ1) is 14.1. The van der Waals surface area contributed by atoms with Crippen molar-refractivity contribution in [1.82, 2.24) is 5.32 Å². The Morgan fingerprint density at radius 3 is 2.33 bits per heavy atom. The number of methoxy groups -OCH3 is 2. The summed E-state index contributed by atoms with van der Waals surface area (Å²) in [7, 11) is 3.25. The molecule has 0 unspecified atom stereocenters. The number of hydrogen-bond acceptors (Lipinski definition) is 4. The number of halogens is 3. The number of hydrogen-bond donors (Lipinski definition) is 1. The first kappa shape index (κ1) is 23.8. The van der Waals surface area contributed by atoms with Crippen LogP contribution >= 0.6 is 24.0 Å². The summed E-state index contributed by atoms with van der Waals surface area (Å²) in [6.07, 6.45) is 0. The molecule has 0 aliphatic rings. The summed E-state index contributed by atoms with van der Waals surface area (Å²) in [4.78, 5) is 0. The summed E-state index contributed by atoms with van der Waals surface area (Å²) >= 11 is 6.11. The zero-order chi connectivity index (χ0) is 20.6. The fraction of sp³-hybridized carbons (Fsp3) is 0.217. The summed E-state index contributed by atoms with van der Waals surface area (Å²) in [5.74, 6) is 1.72. The van der Waals surface area contributed by atoms with E-state index in [1.54, 1.807) is 20.3 Å². The van der Waals surface area contributed by atoms with E-state index in [-0.39, 0.29) is 24.8 Å². The van der Waals surface area contributed by atoms with Gasteiger partial charge in [0.15, 0.2) is 11.5 Å². The van der Waals surface area contributed by atoms with Crippen molar-refractivity contribution >= 4 is 24.0 Å². The van der Waals surface area contributed by atoms with E-state index in [4.69, 9.17) is 25.8 Å². The molecule has 0 bridgehead atoms. The molecule has 7 heteroatoms. The van der Waals surface area contributed by atoms with Gasteiger partial charge in [-0.3, -0.25) is 0 Å². The highest BCUT2D eigenvalue weighted by Crippen LogP contribution is 2.32. The van der Waals surface area contributed by atoms with Gasteiger partial charge < -0.3 is 19.5 Å². The Morgan fingerprint density at radius 1 is 0.900 bits per heavy atom. The molecule has 0 saturated carbocycles. The van der Waals surface area contributed by atoms with E-state index >= 15 is 0 Å². The highest BCUT2D eigenvalue weighted by atomic mass is 35.5. The highest BCUT2D eigenvalue weighted by Gasteiger charge is 2.12. The molecule has 3 rings (SSSR count). The minimum atomic E-state index is -0.375. The summed E-state index contributed by atoms with van der Waals surface area (Å²) < 4.78 is 29.9. The maximum atomic E-state index is 13.3. The standard InChI is InChI=1S/C23H23ClFNO3.ClH/c1-27-20-10-6-16(7-11-20)13-26-14-17-4-3-5-22(28-2)23(17)29-15-18-8-9-19(25)12-21(18)24;/h3-12,26H,13-15H2,1-2H3;1H. The average Bonchev–Trinajstić information content (AvgIpc) is 2.74. The summed E-state index contributed by atoms with van der Waals surface area (Å²) in [6.45, 7) is 1.51. The van der Waals surface area contributed by atoms with Crippen molar-refractivity contribution in [3.05, 3.63) is 88.2 Å². The van der Waals surface area contributed by atoms with E-state index in [9.17, 15) is 4.39 Å². The summed E-state index contributed by atoms with van der Waals surface area (Å²) in [5, 5.41) is 3.74. The molecule has 0 heterocycles. The lowest BCUT2D eigenvalue weighted by molar-refractivity contribution is 0.280. The van der Waals surface area contributed by atoms with Crippen LogP contribution in [0.1, 0.15) is 16.7 Å². The molecule has 160 valence electrons. The molecule has 0 fully saturated rings. The van der Waals surface area contributed by atoms with Crippen molar-refractivity contribution in [2.45, 2.75) is 19.7 Å². The molecule has 0 amide bonds. The minimum absolute atomic E-state index is 0. The Balaban J connectivity index is 0.00000320. The normalized spacial score (nSPS) is 10.3. The van der Waals surface area contributed by atoms with Crippen LogP contribution in [-0.2, 0) is 19.7 Å². The molecule has 4 nitrogen and oxygen atoms in total. The fourth-order valence-corrected chi connectivity index (χ4v) is 3.12. The predicted molar refractivity (Wildman–Crippen MR) is 120 cm³/mol. The Hall–Kier alpha value is -2.47. The fourth-order valence-electron chi connectivity index (χ4n) is 2.90. The van der Waals surface area contributed by atoms with E-state index in [1.807, 2.05) is 42.5 Å². The molecule has 30 heavy (non-hydrogen) atoms. The molecule has 0 saturated heterocycles. The van der Waals surface area contributed by atoms with E-state index in [0.29, 0.717) is 35.2 Å². The van der Waals surface area contributed by atoms with E-state index in [0.717, 1.165) is 16.9 Å². The number of para-hydroxylation sites is 1. The van der Waals surface area contributed by atoms with Crippen LogP contribution in [0.2, 0.25) is 5.02 Å². The summed E-state index contributed by atoms with van der Waals surface area (Å²) in [5.41, 5.74) is 2.81. The first-order valence-electron chi connectivity index (χ1n) is 9.17. The lowest BCUT2D eigenvalue weighted by Gasteiger charge is -2.16. The SMILES string of the molecule is COc1ccc(CNCc2cccc(OC)c2OCc2ccc(F)cc2Cl)cc1.Cl. The molecular formula is C23H24Cl2FNO3. The van der Waals surface area contributed by atoms with Gasteiger partial charge in [0.05, 0.1) is 19.2 Å². The molecule has 1 N–H and O–H groups in total. The van der Waals surface area contributed by atoms with Gasteiger partial charge in [0.2, 0.25) is 0 Å². The summed E-state index contributed by atoms with van der Waals surface area (Å²) in [6, 6.07) is 17.9. The van der Waals surface area contributed by atoms with Gasteiger partial charge >= 0.3 is 0 Å². The Morgan fingerprint density at radius 2 is 1.67 bits per heavy atom. The van der Waals surface area contributed by atoms with Crippen molar-refractivity contribution in [3.8, 4) is 17.2 Å². The maximum absolute atomic E-state index is 13.3. The maximum Gasteiger partial charge on any atom is 0.166 e. The predicted octanol–water partition coefficient (Wildman–Crippen LogP) is 5.79. The van der Waals surface area contributed by atoms with Crippen LogP contribution in [0.15, 0.2) is 60.7 Å². The molecule has 0 spiro atoms. The van der Waals surface area contributed by atoms with Crippen LogP contribution in [-0.4, -0.2) is 14.2 Å². The number of benzene rings is 3. The van der Waals surface area contributed by atoms with Gasteiger partial charge in [-0.1, -0.05) is 41.9 Å². The van der Waals surface area contributed by atoms with Gasteiger partial charge in [0.25, 0.3) is 0 Å². The van der Waals surface area contributed by atoms with Gasteiger partial charge in [0, 0.05) is 24.2 Å². The number of rotatable bonds is 9. The van der Waals surface area contributed by atoms with Gasteiger partial charge in [-0.2, -0.15) is 0 Å². The molecule has 0 aliphatic heterocycles. The molecule has 3 aromatic rings. The number of nitrogens with one attached hydrogen (secondary N) is 1. The quantitative estimate of drug-likeness (QED) is 0.447. The zero-order valence-corrected chi connectivity index (χ0v) is 18.4.